The zero-order valence-electron chi connectivity index (χ0n) is 14.8. The van der Waals surface area contributed by atoms with Crippen LogP contribution in [0.4, 0.5) is 11.5 Å². The van der Waals surface area contributed by atoms with Crippen LogP contribution in [0.15, 0.2) is 65.6 Å². The molecule has 5 aromatic rings. The largest absolute Gasteiger partial charge is 0.497 e. The Hall–Kier alpha value is -4.07. The molecule has 0 aliphatic rings. The molecule has 0 amide bonds. The average molecular weight is 370 g/mol. The van der Waals surface area contributed by atoms with Crippen molar-refractivity contribution in [2.24, 2.45) is 0 Å². The predicted molar refractivity (Wildman–Crippen MR) is 104 cm³/mol. The Morgan fingerprint density at radius 3 is 2.79 bits per heavy atom. The number of methoxy groups -OCH3 is 1. The predicted octanol–water partition coefficient (Wildman–Crippen LogP) is 3.98. The second kappa shape index (κ2) is 6.58. The number of fused-ring (bicyclic) bond motifs is 2. The molecule has 0 saturated carbocycles. The number of rotatable bonds is 4. The van der Waals surface area contributed by atoms with Gasteiger partial charge in [0, 0.05) is 23.3 Å². The van der Waals surface area contributed by atoms with E-state index in [0.29, 0.717) is 22.7 Å². The van der Waals surface area contributed by atoms with Crippen molar-refractivity contribution >= 4 is 33.4 Å². The molecule has 0 radical (unpaired) electrons. The normalized spacial score (nSPS) is 11.0. The van der Waals surface area contributed by atoms with Crippen molar-refractivity contribution in [1.29, 1.82) is 0 Å². The quantitative estimate of drug-likeness (QED) is 0.507. The van der Waals surface area contributed by atoms with Gasteiger partial charge in [-0.05, 0) is 52.8 Å². The van der Waals surface area contributed by atoms with Gasteiger partial charge in [-0.3, -0.25) is 4.98 Å². The molecule has 8 heteroatoms. The molecule has 0 aliphatic carbocycles. The molecule has 0 bridgehead atoms. The lowest BCUT2D eigenvalue weighted by Gasteiger charge is -2.12. The number of hydrogen-bond acceptors (Lipinski definition) is 8. The fourth-order valence-electron chi connectivity index (χ4n) is 2.99. The van der Waals surface area contributed by atoms with Crippen molar-refractivity contribution < 1.29 is 9.37 Å². The van der Waals surface area contributed by atoms with E-state index in [1.54, 1.807) is 19.5 Å². The SMILES string of the molecule is COc1ccc2nc(-c3cccnc3)nc(Nc3cccc4nonc34)c2c1. The molecule has 28 heavy (non-hydrogen) atoms. The maximum Gasteiger partial charge on any atom is 0.163 e. The highest BCUT2D eigenvalue weighted by molar-refractivity contribution is 5.96. The summed E-state index contributed by atoms with van der Waals surface area (Å²) in [6.45, 7) is 0. The van der Waals surface area contributed by atoms with Gasteiger partial charge in [0.2, 0.25) is 0 Å². The van der Waals surface area contributed by atoms with Crippen LogP contribution < -0.4 is 10.1 Å². The van der Waals surface area contributed by atoms with E-state index < -0.39 is 0 Å². The Morgan fingerprint density at radius 1 is 0.964 bits per heavy atom. The van der Waals surface area contributed by atoms with Gasteiger partial charge in [0.15, 0.2) is 11.3 Å². The number of hydrogen-bond donors (Lipinski definition) is 1. The fourth-order valence-corrected chi connectivity index (χ4v) is 2.99. The van der Waals surface area contributed by atoms with Gasteiger partial charge in [-0.15, -0.1) is 0 Å². The van der Waals surface area contributed by atoms with E-state index in [-0.39, 0.29) is 0 Å². The third kappa shape index (κ3) is 2.77. The Bertz CT molecular complexity index is 1290. The third-order valence-corrected chi connectivity index (χ3v) is 4.36. The molecule has 0 fully saturated rings. The first kappa shape index (κ1) is 16.1. The van der Waals surface area contributed by atoms with Crippen LogP contribution in [-0.2, 0) is 0 Å². The van der Waals surface area contributed by atoms with Gasteiger partial charge in [-0.1, -0.05) is 6.07 Å². The molecule has 0 saturated heterocycles. The molecule has 0 aliphatic heterocycles. The first-order valence-electron chi connectivity index (χ1n) is 8.56. The van der Waals surface area contributed by atoms with Crippen LogP contribution in [0.3, 0.4) is 0 Å². The van der Waals surface area contributed by atoms with Crippen LogP contribution in [0.25, 0.3) is 33.3 Å². The van der Waals surface area contributed by atoms with Gasteiger partial charge in [0.25, 0.3) is 0 Å². The van der Waals surface area contributed by atoms with Crippen molar-refractivity contribution in [1.82, 2.24) is 25.3 Å². The zero-order chi connectivity index (χ0) is 18.9. The maximum absolute atomic E-state index is 5.37. The van der Waals surface area contributed by atoms with Crippen LogP contribution in [0.5, 0.6) is 5.75 Å². The number of nitrogens with one attached hydrogen (secondary N) is 1. The van der Waals surface area contributed by atoms with Crippen molar-refractivity contribution in [3.8, 4) is 17.1 Å². The molecular weight excluding hydrogens is 356 g/mol. The molecule has 8 nitrogen and oxygen atoms in total. The zero-order valence-corrected chi connectivity index (χ0v) is 14.8. The van der Waals surface area contributed by atoms with Crippen LogP contribution in [0.2, 0.25) is 0 Å². The van der Waals surface area contributed by atoms with Crippen LogP contribution in [0, 0.1) is 0 Å². The van der Waals surface area contributed by atoms with E-state index in [2.05, 4.69) is 25.6 Å². The summed E-state index contributed by atoms with van der Waals surface area (Å²) in [5.41, 5.74) is 3.62. The van der Waals surface area contributed by atoms with Gasteiger partial charge in [-0.2, -0.15) is 0 Å². The molecule has 3 aromatic heterocycles. The molecule has 5 rings (SSSR count). The molecule has 136 valence electrons. The Balaban J connectivity index is 1.71. The Labute approximate surface area is 159 Å². The second-order valence-corrected chi connectivity index (χ2v) is 6.08. The van der Waals surface area contributed by atoms with E-state index in [9.17, 15) is 0 Å². The first-order valence-corrected chi connectivity index (χ1v) is 8.56. The van der Waals surface area contributed by atoms with Crippen molar-refractivity contribution in [3.63, 3.8) is 0 Å². The molecule has 2 aromatic carbocycles. The van der Waals surface area contributed by atoms with E-state index in [4.69, 9.17) is 14.3 Å². The average Bonchev–Trinajstić information content (AvgIpc) is 3.24. The number of pyridine rings is 1. The van der Waals surface area contributed by atoms with Crippen LogP contribution in [-0.4, -0.2) is 32.4 Å². The highest BCUT2D eigenvalue weighted by Crippen LogP contribution is 2.31. The van der Waals surface area contributed by atoms with E-state index in [0.717, 1.165) is 27.9 Å². The van der Waals surface area contributed by atoms with Crippen molar-refractivity contribution in [2.45, 2.75) is 0 Å². The summed E-state index contributed by atoms with van der Waals surface area (Å²) in [6.07, 6.45) is 3.45. The van der Waals surface area contributed by atoms with Gasteiger partial charge in [0.1, 0.15) is 17.1 Å². The van der Waals surface area contributed by atoms with E-state index in [1.807, 2.05) is 48.5 Å². The standard InChI is InChI=1S/C20H14N6O2/c1-27-13-7-8-15-14(10-13)20(24-19(22-15)12-4-3-9-21-11-12)23-16-5-2-6-17-18(16)26-28-25-17/h2-11H,1H3,(H,22,23,24). The summed E-state index contributed by atoms with van der Waals surface area (Å²) in [6, 6.07) is 15.0. The van der Waals surface area contributed by atoms with Gasteiger partial charge < -0.3 is 10.1 Å². The molecule has 0 unspecified atom stereocenters. The summed E-state index contributed by atoms with van der Waals surface area (Å²) in [5.74, 6) is 1.91. The number of ether oxygens (including phenoxy) is 1. The summed E-state index contributed by atoms with van der Waals surface area (Å²) >= 11 is 0. The molecule has 3 heterocycles. The number of aromatic nitrogens is 5. The molecule has 1 N–H and O–H groups in total. The lowest BCUT2D eigenvalue weighted by atomic mass is 10.2. The fraction of sp³-hybridized carbons (Fsp3) is 0.0500. The maximum atomic E-state index is 5.37. The third-order valence-electron chi connectivity index (χ3n) is 4.36. The van der Waals surface area contributed by atoms with Crippen LogP contribution >= 0.6 is 0 Å². The minimum atomic E-state index is 0.568. The highest BCUT2D eigenvalue weighted by Gasteiger charge is 2.13. The monoisotopic (exact) mass is 370 g/mol. The summed E-state index contributed by atoms with van der Waals surface area (Å²) in [4.78, 5) is 13.6. The lowest BCUT2D eigenvalue weighted by Crippen LogP contribution is -2.00. The number of benzene rings is 2. The Morgan fingerprint density at radius 2 is 1.93 bits per heavy atom. The minimum Gasteiger partial charge on any atom is -0.497 e. The summed E-state index contributed by atoms with van der Waals surface area (Å²) in [5, 5.41) is 12.0. The minimum absolute atomic E-state index is 0.568. The highest BCUT2D eigenvalue weighted by atomic mass is 16.6. The van der Waals surface area contributed by atoms with Gasteiger partial charge in [0.05, 0.1) is 18.3 Å². The second-order valence-electron chi connectivity index (χ2n) is 6.08. The smallest absolute Gasteiger partial charge is 0.163 e. The van der Waals surface area contributed by atoms with Gasteiger partial charge in [-0.25, -0.2) is 14.6 Å². The lowest BCUT2D eigenvalue weighted by molar-refractivity contribution is 0.315. The van der Waals surface area contributed by atoms with Crippen molar-refractivity contribution in [3.05, 3.63) is 60.9 Å². The van der Waals surface area contributed by atoms with E-state index >= 15 is 0 Å². The topological polar surface area (TPSA) is 98.9 Å². The summed E-state index contributed by atoms with van der Waals surface area (Å²) in [7, 11) is 1.63. The molecular formula is C20H14N6O2. The van der Waals surface area contributed by atoms with E-state index in [1.165, 1.54) is 0 Å². The Kier molecular flexibility index (Phi) is 3.79. The summed E-state index contributed by atoms with van der Waals surface area (Å²) < 4.78 is 10.2. The number of nitrogens with zero attached hydrogens (tertiary/aromatic N) is 5. The first-order chi connectivity index (χ1) is 13.8. The van der Waals surface area contributed by atoms with Crippen molar-refractivity contribution in [2.75, 3.05) is 12.4 Å². The number of anilines is 2. The molecule has 0 atom stereocenters. The molecule has 0 spiro atoms. The van der Waals surface area contributed by atoms with Crippen LogP contribution in [0.1, 0.15) is 0 Å². The van der Waals surface area contributed by atoms with Gasteiger partial charge >= 0.3 is 0 Å².